The van der Waals surface area contributed by atoms with Crippen LogP contribution in [0.4, 0.5) is 0 Å². The van der Waals surface area contributed by atoms with Crippen LogP contribution in [0.15, 0.2) is 54.6 Å². The fraction of sp³-hybridized carbons (Fsp3) is 0.368. The van der Waals surface area contributed by atoms with Crippen LogP contribution < -0.4 is 0 Å². The van der Waals surface area contributed by atoms with Gasteiger partial charge in [-0.1, -0.05) is 54.6 Å². The SMILES string of the molecule is CN1CCCC2C(c3ccccc3)c3ccccc3C21. The summed E-state index contributed by atoms with van der Waals surface area (Å²) in [5, 5.41) is 0. The molecule has 2 aliphatic rings. The van der Waals surface area contributed by atoms with Crippen LogP contribution in [-0.4, -0.2) is 18.5 Å². The van der Waals surface area contributed by atoms with Crippen LogP contribution in [0, 0.1) is 5.92 Å². The van der Waals surface area contributed by atoms with Gasteiger partial charge in [0.05, 0.1) is 0 Å². The summed E-state index contributed by atoms with van der Waals surface area (Å²) in [6, 6.07) is 20.8. The van der Waals surface area contributed by atoms with E-state index in [0.717, 1.165) is 5.92 Å². The van der Waals surface area contributed by atoms with Gasteiger partial charge in [0.1, 0.15) is 0 Å². The van der Waals surface area contributed by atoms with E-state index in [1.165, 1.54) is 24.9 Å². The third-order valence-electron chi connectivity index (χ3n) is 5.17. The van der Waals surface area contributed by atoms with Crippen molar-refractivity contribution in [2.24, 2.45) is 5.92 Å². The first-order valence-electron chi connectivity index (χ1n) is 7.70. The molecule has 0 bridgehead atoms. The maximum atomic E-state index is 2.57. The lowest BCUT2D eigenvalue weighted by molar-refractivity contribution is 0.127. The molecule has 1 fully saturated rings. The van der Waals surface area contributed by atoms with Crippen LogP contribution in [0.3, 0.4) is 0 Å². The predicted molar refractivity (Wildman–Crippen MR) is 82.8 cm³/mol. The minimum Gasteiger partial charge on any atom is -0.299 e. The first kappa shape index (κ1) is 12.2. The standard InChI is InChI=1S/C19H21N/c1-20-13-7-12-17-18(14-8-3-2-4-9-14)15-10-5-6-11-16(15)19(17)20/h2-6,8-11,17-19H,7,12-13H2,1H3. The second kappa shape index (κ2) is 4.75. The maximum absolute atomic E-state index is 2.57. The molecule has 20 heavy (non-hydrogen) atoms. The molecule has 0 radical (unpaired) electrons. The summed E-state index contributed by atoms with van der Waals surface area (Å²) in [6.45, 7) is 1.23. The number of benzene rings is 2. The number of hydrogen-bond donors (Lipinski definition) is 0. The molecule has 2 aromatic carbocycles. The smallest absolute Gasteiger partial charge is 0.0385 e. The van der Waals surface area contributed by atoms with Crippen LogP contribution in [0.5, 0.6) is 0 Å². The van der Waals surface area contributed by atoms with Gasteiger partial charge in [-0.25, -0.2) is 0 Å². The van der Waals surface area contributed by atoms with Crippen molar-refractivity contribution in [2.45, 2.75) is 24.8 Å². The third kappa shape index (κ3) is 1.73. The fourth-order valence-corrected chi connectivity index (χ4v) is 4.40. The number of hydrogen-bond acceptors (Lipinski definition) is 1. The van der Waals surface area contributed by atoms with Crippen molar-refractivity contribution >= 4 is 0 Å². The van der Waals surface area contributed by atoms with Gasteiger partial charge >= 0.3 is 0 Å². The summed E-state index contributed by atoms with van der Waals surface area (Å²) in [6.07, 6.45) is 2.68. The number of likely N-dealkylation sites (tertiary alicyclic amines) is 1. The lowest BCUT2D eigenvalue weighted by atomic mass is 9.80. The van der Waals surface area contributed by atoms with Crippen molar-refractivity contribution in [3.05, 3.63) is 71.3 Å². The molecule has 1 saturated heterocycles. The molecule has 2 aromatic rings. The summed E-state index contributed by atoms with van der Waals surface area (Å²) < 4.78 is 0. The van der Waals surface area contributed by atoms with Crippen molar-refractivity contribution in [3.8, 4) is 0 Å². The molecule has 0 N–H and O–H groups in total. The topological polar surface area (TPSA) is 3.24 Å². The highest BCUT2D eigenvalue weighted by Gasteiger charge is 2.44. The first-order valence-corrected chi connectivity index (χ1v) is 7.70. The van der Waals surface area contributed by atoms with E-state index in [0.29, 0.717) is 12.0 Å². The molecule has 0 spiro atoms. The van der Waals surface area contributed by atoms with Crippen molar-refractivity contribution in [3.63, 3.8) is 0 Å². The van der Waals surface area contributed by atoms with Crippen molar-refractivity contribution in [1.82, 2.24) is 4.90 Å². The minimum absolute atomic E-state index is 0.583. The highest BCUT2D eigenvalue weighted by molar-refractivity contribution is 5.46. The second-order valence-corrected chi connectivity index (χ2v) is 6.25. The molecule has 0 aromatic heterocycles. The maximum Gasteiger partial charge on any atom is 0.0385 e. The summed E-state index contributed by atoms with van der Waals surface area (Å²) in [4.78, 5) is 2.57. The van der Waals surface area contributed by atoms with Gasteiger partial charge < -0.3 is 0 Å². The molecule has 1 aliphatic carbocycles. The van der Waals surface area contributed by atoms with Gasteiger partial charge in [-0.3, -0.25) is 4.90 Å². The van der Waals surface area contributed by atoms with Crippen LogP contribution in [-0.2, 0) is 0 Å². The highest BCUT2D eigenvalue weighted by Crippen LogP contribution is 2.53. The average Bonchev–Trinajstić information content (AvgIpc) is 2.84. The van der Waals surface area contributed by atoms with E-state index in [4.69, 9.17) is 0 Å². The molecule has 1 heterocycles. The zero-order chi connectivity index (χ0) is 13.5. The van der Waals surface area contributed by atoms with E-state index >= 15 is 0 Å². The van der Waals surface area contributed by atoms with Crippen LogP contribution in [0.2, 0.25) is 0 Å². The molecular weight excluding hydrogens is 242 g/mol. The lowest BCUT2D eigenvalue weighted by Gasteiger charge is -2.37. The van der Waals surface area contributed by atoms with Gasteiger partial charge in [0.15, 0.2) is 0 Å². The average molecular weight is 263 g/mol. The van der Waals surface area contributed by atoms with E-state index in [-0.39, 0.29) is 0 Å². The Balaban J connectivity index is 1.86. The summed E-state index contributed by atoms with van der Waals surface area (Å²) in [5.41, 5.74) is 4.61. The molecule has 0 saturated carbocycles. The minimum atomic E-state index is 0.583. The monoisotopic (exact) mass is 263 g/mol. The normalized spacial score (nSPS) is 28.9. The van der Waals surface area contributed by atoms with Crippen molar-refractivity contribution in [1.29, 1.82) is 0 Å². The third-order valence-corrected chi connectivity index (χ3v) is 5.17. The molecule has 1 heteroatoms. The number of nitrogens with zero attached hydrogens (tertiary/aromatic N) is 1. The summed E-state index contributed by atoms with van der Waals surface area (Å²) in [5.74, 6) is 1.33. The fourth-order valence-electron chi connectivity index (χ4n) is 4.40. The van der Waals surface area contributed by atoms with Gasteiger partial charge in [0.2, 0.25) is 0 Å². The quantitative estimate of drug-likeness (QED) is 0.745. The molecule has 4 rings (SSSR count). The Kier molecular flexibility index (Phi) is 2.89. The van der Waals surface area contributed by atoms with Gasteiger partial charge in [-0.2, -0.15) is 0 Å². The Morgan fingerprint density at radius 1 is 0.900 bits per heavy atom. The lowest BCUT2D eigenvalue weighted by Crippen LogP contribution is -2.34. The molecule has 1 aliphatic heterocycles. The molecular formula is C19H21N. The van der Waals surface area contributed by atoms with E-state index in [1.54, 1.807) is 11.1 Å². The van der Waals surface area contributed by atoms with Crippen LogP contribution in [0.25, 0.3) is 0 Å². The summed E-state index contributed by atoms with van der Waals surface area (Å²) in [7, 11) is 2.29. The Morgan fingerprint density at radius 2 is 1.60 bits per heavy atom. The van der Waals surface area contributed by atoms with E-state index < -0.39 is 0 Å². The number of piperidine rings is 1. The first-order chi connectivity index (χ1) is 9.86. The van der Waals surface area contributed by atoms with Crippen LogP contribution in [0.1, 0.15) is 41.5 Å². The second-order valence-electron chi connectivity index (χ2n) is 6.25. The molecule has 1 nitrogen and oxygen atoms in total. The van der Waals surface area contributed by atoms with E-state index in [2.05, 4.69) is 66.5 Å². The Labute approximate surface area is 121 Å². The summed E-state index contributed by atoms with van der Waals surface area (Å²) >= 11 is 0. The van der Waals surface area contributed by atoms with Gasteiger partial charge in [0, 0.05) is 12.0 Å². The Morgan fingerprint density at radius 3 is 2.40 bits per heavy atom. The Bertz CT molecular complexity index is 604. The predicted octanol–water partition coefficient (Wildman–Crippen LogP) is 4.22. The molecule has 3 unspecified atom stereocenters. The zero-order valence-corrected chi connectivity index (χ0v) is 12.0. The van der Waals surface area contributed by atoms with Gasteiger partial charge in [-0.05, 0) is 49.0 Å². The highest BCUT2D eigenvalue weighted by atomic mass is 15.1. The molecule has 0 amide bonds. The van der Waals surface area contributed by atoms with Crippen LogP contribution >= 0.6 is 0 Å². The van der Waals surface area contributed by atoms with Crippen molar-refractivity contribution in [2.75, 3.05) is 13.6 Å². The van der Waals surface area contributed by atoms with E-state index in [9.17, 15) is 0 Å². The largest absolute Gasteiger partial charge is 0.299 e. The number of fused-ring (bicyclic) bond motifs is 3. The Hall–Kier alpha value is -1.60. The van der Waals surface area contributed by atoms with Gasteiger partial charge in [0.25, 0.3) is 0 Å². The van der Waals surface area contributed by atoms with E-state index in [1.807, 2.05) is 0 Å². The molecule has 3 atom stereocenters. The van der Waals surface area contributed by atoms with Crippen molar-refractivity contribution < 1.29 is 0 Å². The van der Waals surface area contributed by atoms with Gasteiger partial charge in [-0.15, -0.1) is 0 Å². The number of rotatable bonds is 1. The zero-order valence-electron chi connectivity index (χ0n) is 12.0. The molecule has 102 valence electrons.